The summed E-state index contributed by atoms with van der Waals surface area (Å²) in [5, 5.41) is 3.48. The predicted octanol–water partition coefficient (Wildman–Crippen LogP) is 1.55. The largest absolute Gasteiger partial charge is 0.377 e. The third-order valence-corrected chi connectivity index (χ3v) is 2.10. The van der Waals surface area contributed by atoms with Gasteiger partial charge in [-0.2, -0.15) is 0 Å². The van der Waals surface area contributed by atoms with Crippen molar-refractivity contribution in [3.63, 3.8) is 0 Å². The summed E-state index contributed by atoms with van der Waals surface area (Å²) in [6.45, 7) is 7.27. The molecule has 1 saturated heterocycles. The molecular formula is C9H19NO. The van der Waals surface area contributed by atoms with Gasteiger partial charge in [0.15, 0.2) is 0 Å². The number of hydrogen-bond acceptors (Lipinski definition) is 2. The van der Waals surface area contributed by atoms with Gasteiger partial charge in [0.2, 0.25) is 0 Å². The standard InChI is InChI=1S/C9H19NO/c1-7(2)11-6-9-5-4-8(3)10-9/h7-10H,4-6H2,1-3H3/t8-,9-/m0/s1. The average Bonchev–Trinajstić information content (AvgIpc) is 2.31. The maximum Gasteiger partial charge on any atom is 0.0623 e. The van der Waals surface area contributed by atoms with Crippen molar-refractivity contribution in [1.29, 1.82) is 0 Å². The molecule has 0 aliphatic carbocycles. The minimum Gasteiger partial charge on any atom is -0.377 e. The van der Waals surface area contributed by atoms with Crippen LogP contribution in [0.5, 0.6) is 0 Å². The van der Waals surface area contributed by atoms with Crippen molar-refractivity contribution < 1.29 is 4.74 Å². The van der Waals surface area contributed by atoms with E-state index in [0.29, 0.717) is 18.2 Å². The minimum atomic E-state index is 0.368. The molecule has 0 unspecified atom stereocenters. The Hall–Kier alpha value is -0.0800. The Kier molecular flexibility index (Phi) is 3.34. The van der Waals surface area contributed by atoms with Crippen molar-refractivity contribution >= 4 is 0 Å². The van der Waals surface area contributed by atoms with Crippen LogP contribution in [0.15, 0.2) is 0 Å². The van der Waals surface area contributed by atoms with Crippen LogP contribution in [0.3, 0.4) is 0 Å². The fraction of sp³-hybridized carbons (Fsp3) is 1.00. The van der Waals surface area contributed by atoms with Gasteiger partial charge in [-0.1, -0.05) is 0 Å². The first-order chi connectivity index (χ1) is 5.18. The zero-order chi connectivity index (χ0) is 8.27. The van der Waals surface area contributed by atoms with E-state index in [9.17, 15) is 0 Å². The highest BCUT2D eigenvalue weighted by atomic mass is 16.5. The molecule has 0 aromatic heterocycles. The number of ether oxygens (including phenoxy) is 1. The van der Waals surface area contributed by atoms with Crippen LogP contribution < -0.4 is 5.32 Å². The van der Waals surface area contributed by atoms with Crippen LogP contribution in [0.2, 0.25) is 0 Å². The Morgan fingerprint density at radius 1 is 1.45 bits per heavy atom. The second kappa shape index (κ2) is 4.07. The summed E-state index contributed by atoms with van der Waals surface area (Å²) in [5.74, 6) is 0. The molecule has 11 heavy (non-hydrogen) atoms. The quantitative estimate of drug-likeness (QED) is 0.671. The summed E-state index contributed by atoms with van der Waals surface area (Å²) >= 11 is 0. The predicted molar refractivity (Wildman–Crippen MR) is 46.7 cm³/mol. The zero-order valence-corrected chi connectivity index (χ0v) is 7.76. The molecule has 1 rings (SSSR count). The summed E-state index contributed by atoms with van der Waals surface area (Å²) in [6, 6.07) is 1.29. The first kappa shape index (κ1) is 9.01. The molecular weight excluding hydrogens is 138 g/mol. The molecule has 0 spiro atoms. The average molecular weight is 157 g/mol. The van der Waals surface area contributed by atoms with Gasteiger partial charge in [0.25, 0.3) is 0 Å². The normalized spacial score (nSPS) is 31.6. The maximum atomic E-state index is 5.51. The second-order valence-corrected chi connectivity index (χ2v) is 3.72. The molecule has 0 aromatic rings. The summed E-state index contributed by atoms with van der Waals surface area (Å²) in [6.07, 6.45) is 2.94. The van der Waals surface area contributed by atoms with E-state index in [2.05, 4.69) is 26.1 Å². The van der Waals surface area contributed by atoms with Gasteiger partial charge in [0.1, 0.15) is 0 Å². The van der Waals surface area contributed by atoms with Crippen molar-refractivity contribution in [3.8, 4) is 0 Å². The van der Waals surface area contributed by atoms with Gasteiger partial charge in [0, 0.05) is 12.1 Å². The molecule has 2 atom stereocenters. The van der Waals surface area contributed by atoms with Crippen molar-refractivity contribution in [2.75, 3.05) is 6.61 Å². The van der Waals surface area contributed by atoms with Gasteiger partial charge in [0.05, 0.1) is 12.7 Å². The molecule has 1 heterocycles. The Morgan fingerprint density at radius 2 is 2.18 bits per heavy atom. The van der Waals surface area contributed by atoms with Crippen molar-refractivity contribution in [2.45, 2.75) is 51.8 Å². The van der Waals surface area contributed by atoms with E-state index in [4.69, 9.17) is 4.74 Å². The molecule has 0 radical (unpaired) electrons. The van der Waals surface area contributed by atoms with Crippen molar-refractivity contribution in [1.82, 2.24) is 5.32 Å². The van der Waals surface area contributed by atoms with Crippen LogP contribution in [0, 0.1) is 0 Å². The highest BCUT2D eigenvalue weighted by Crippen LogP contribution is 2.11. The molecule has 0 bridgehead atoms. The van der Waals surface area contributed by atoms with Crippen LogP contribution in [0.4, 0.5) is 0 Å². The van der Waals surface area contributed by atoms with E-state index < -0.39 is 0 Å². The molecule has 2 heteroatoms. The van der Waals surface area contributed by atoms with Gasteiger partial charge in [-0.25, -0.2) is 0 Å². The monoisotopic (exact) mass is 157 g/mol. The van der Waals surface area contributed by atoms with Gasteiger partial charge >= 0.3 is 0 Å². The highest BCUT2D eigenvalue weighted by molar-refractivity contribution is 4.80. The molecule has 1 fully saturated rings. The van der Waals surface area contributed by atoms with Gasteiger partial charge in [-0.3, -0.25) is 0 Å². The fourth-order valence-electron chi connectivity index (χ4n) is 1.46. The molecule has 0 saturated carbocycles. The Bertz CT molecular complexity index is 114. The zero-order valence-electron chi connectivity index (χ0n) is 7.76. The van der Waals surface area contributed by atoms with Gasteiger partial charge in [-0.15, -0.1) is 0 Å². The van der Waals surface area contributed by atoms with Crippen molar-refractivity contribution in [3.05, 3.63) is 0 Å². The molecule has 0 amide bonds. The Balaban J connectivity index is 2.08. The SMILES string of the molecule is CC(C)OC[C@@H]1CC[C@H](C)N1. The summed E-state index contributed by atoms with van der Waals surface area (Å²) in [5.41, 5.74) is 0. The molecule has 2 nitrogen and oxygen atoms in total. The molecule has 66 valence electrons. The summed E-state index contributed by atoms with van der Waals surface area (Å²) in [7, 11) is 0. The first-order valence-corrected chi connectivity index (χ1v) is 4.56. The van der Waals surface area contributed by atoms with Crippen LogP contribution in [-0.4, -0.2) is 24.8 Å². The van der Waals surface area contributed by atoms with E-state index in [1.165, 1.54) is 12.8 Å². The lowest BCUT2D eigenvalue weighted by Gasteiger charge is -2.14. The smallest absolute Gasteiger partial charge is 0.0623 e. The van der Waals surface area contributed by atoms with E-state index >= 15 is 0 Å². The van der Waals surface area contributed by atoms with Gasteiger partial charge in [-0.05, 0) is 33.6 Å². The first-order valence-electron chi connectivity index (χ1n) is 4.56. The van der Waals surface area contributed by atoms with Crippen molar-refractivity contribution in [2.24, 2.45) is 0 Å². The highest BCUT2D eigenvalue weighted by Gasteiger charge is 2.19. The van der Waals surface area contributed by atoms with Crippen LogP contribution in [0.25, 0.3) is 0 Å². The van der Waals surface area contributed by atoms with Crippen LogP contribution >= 0.6 is 0 Å². The number of hydrogen-bond donors (Lipinski definition) is 1. The Morgan fingerprint density at radius 3 is 2.64 bits per heavy atom. The molecule has 1 aliphatic rings. The molecule has 1 aliphatic heterocycles. The topological polar surface area (TPSA) is 21.3 Å². The third kappa shape index (κ3) is 3.21. The second-order valence-electron chi connectivity index (χ2n) is 3.72. The van der Waals surface area contributed by atoms with E-state index in [-0.39, 0.29) is 0 Å². The van der Waals surface area contributed by atoms with E-state index in [1.807, 2.05) is 0 Å². The third-order valence-electron chi connectivity index (χ3n) is 2.10. The minimum absolute atomic E-state index is 0.368. The summed E-state index contributed by atoms with van der Waals surface area (Å²) < 4.78 is 5.51. The maximum absolute atomic E-state index is 5.51. The lowest BCUT2D eigenvalue weighted by atomic mass is 10.2. The van der Waals surface area contributed by atoms with Gasteiger partial charge < -0.3 is 10.1 Å². The fourth-order valence-corrected chi connectivity index (χ4v) is 1.46. The number of rotatable bonds is 3. The molecule has 0 aromatic carbocycles. The van der Waals surface area contributed by atoms with E-state index in [1.54, 1.807) is 0 Å². The van der Waals surface area contributed by atoms with E-state index in [0.717, 1.165) is 6.61 Å². The lowest BCUT2D eigenvalue weighted by molar-refractivity contribution is 0.0642. The Labute approximate surface area is 69.3 Å². The summed E-state index contributed by atoms with van der Waals surface area (Å²) in [4.78, 5) is 0. The number of nitrogens with one attached hydrogen (secondary N) is 1. The molecule has 1 N–H and O–H groups in total. The lowest BCUT2D eigenvalue weighted by Crippen LogP contribution is -2.31. The van der Waals surface area contributed by atoms with Crippen LogP contribution in [0.1, 0.15) is 33.6 Å². The van der Waals surface area contributed by atoms with Crippen LogP contribution in [-0.2, 0) is 4.74 Å².